The number of carbonyl (C=O) groups excluding carboxylic acids is 1. The minimum absolute atomic E-state index is 0.0335. The zero-order valence-electron chi connectivity index (χ0n) is 9.30. The van der Waals surface area contributed by atoms with Crippen molar-refractivity contribution in [2.45, 2.75) is 13.8 Å². The second-order valence-electron chi connectivity index (χ2n) is 3.52. The van der Waals surface area contributed by atoms with E-state index < -0.39 is 0 Å². The first-order valence-corrected chi connectivity index (χ1v) is 4.95. The molecule has 2 N–H and O–H groups in total. The fourth-order valence-electron chi connectivity index (χ4n) is 0.939. The van der Waals surface area contributed by atoms with E-state index in [9.17, 15) is 4.79 Å². The van der Waals surface area contributed by atoms with E-state index in [0.29, 0.717) is 18.3 Å². The Bertz CT molecular complexity index is 357. The summed E-state index contributed by atoms with van der Waals surface area (Å²) in [4.78, 5) is 18.7. The monoisotopic (exact) mass is 225 g/mol. The predicted molar refractivity (Wildman–Crippen MR) is 58.1 cm³/mol. The van der Waals surface area contributed by atoms with E-state index in [0.717, 1.165) is 0 Å². The number of hydrogen-bond acceptors (Lipinski definition) is 5. The van der Waals surface area contributed by atoms with Gasteiger partial charge in [-0.1, -0.05) is 6.92 Å². The Morgan fingerprint density at radius 1 is 1.62 bits per heavy atom. The molecule has 0 spiro atoms. The van der Waals surface area contributed by atoms with Crippen LogP contribution in [0.1, 0.15) is 13.8 Å². The number of nitrogens with one attached hydrogen (secondary N) is 1. The van der Waals surface area contributed by atoms with E-state index in [4.69, 9.17) is 9.84 Å². The third kappa shape index (κ3) is 4.22. The Morgan fingerprint density at radius 3 is 3.00 bits per heavy atom. The second kappa shape index (κ2) is 6.02. The van der Waals surface area contributed by atoms with E-state index in [1.807, 2.05) is 6.92 Å². The van der Waals surface area contributed by atoms with Crippen LogP contribution in [0.25, 0.3) is 0 Å². The van der Waals surface area contributed by atoms with Gasteiger partial charge in [0.05, 0.1) is 19.0 Å². The van der Waals surface area contributed by atoms with Crippen LogP contribution < -0.4 is 10.1 Å². The summed E-state index contributed by atoms with van der Waals surface area (Å²) in [5, 5.41) is 11.3. The third-order valence-corrected chi connectivity index (χ3v) is 1.74. The first-order valence-electron chi connectivity index (χ1n) is 4.95. The molecule has 88 valence electrons. The minimum Gasteiger partial charge on any atom is -0.476 e. The molecule has 0 bridgehead atoms. The van der Waals surface area contributed by atoms with Crippen molar-refractivity contribution in [3.05, 3.63) is 12.4 Å². The summed E-state index contributed by atoms with van der Waals surface area (Å²) in [7, 11) is 0. The van der Waals surface area contributed by atoms with Crippen LogP contribution in [0.3, 0.4) is 0 Å². The number of anilines is 1. The molecule has 6 heteroatoms. The number of hydrogen-bond donors (Lipinski definition) is 2. The molecule has 1 aromatic rings. The number of aliphatic hydroxyl groups excluding tert-OH is 1. The van der Waals surface area contributed by atoms with Gasteiger partial charge in [-0.05, 0) is 0 Å². The maximum atomic E-state index is 10.8. The molecule has 6 nitrogen and oxygen atoms in total. The van der Waals surface area contributed by atoms with Crippen LogP contribution >= 0.6 is 0 Å². The number of carbonyl (C=O) groups is 1. The number of aliphatic hydroxyl groups is 1. The van der Waals surface area contributed by atoms with Gasteiger partial charge in [0, 0.05) is 19.4 Å². The Hall–Kier alpha value is -1.69. The first kappa shape index (κ1) is 12.4. The van der Waals surface area contributed by atoms with Crippen LogP contribution in [-0.2, 0) is 4.79 Å². The van der Waals surface area contributed by atoms with E-state index in [-0.39, 0.29) is 18.4 Å². The molecule has 0 fully saturated rings. The predicted octanol–water partition coefficient (Wildman–Crippen LogP) is 0.442. The zero-order chi connectivity index (χ0) is 12.0. The van der Waals surface area contributed by atoms with Crippen molar-refractivity contribution in [3.8, 4) is 5.88 Å². The number of amides is 1. The molecule has 1 heterocycles. The van der Waals surface area contributed by atoms with Crippen LogP contribution in [0, 0.1) is 5.92 Å². The van der Waals surface area contributed by atoms with E-state index in [1.54, 1.807) is 0 Å². The van der Waals surface area contributed by atoms with Crippen LogP contribution in [-0.4, -0.2) is 34.2 Å². The SMILES string of the molecule is CC(=O)Nc1cncc(OC[C@@H](C)CO)n1. The zero-order valence-corrected chi connectivity index (χ0v) is 9.30. The Morgan fingerprint density at radius 2 is 2.38 bits per heavy atom. The van der Waals surface area contributed by atoms with Gasteiger partial charge in [-0.2, -0.15) is 4.98 Å². The van der Waals surface area contributed by atoms with Crippen molar-refractivity contribution in [2.24, 2.45) is 5.92 Å². The van der Waals surface area contributed by atoms with Crippen LogP contribution in [0.4, 0.5) is 5.82 Å². The van der Waals surface area contributed by atoms with Gasteiger partial charge in [-0.15, -0.1) is 0 Å². The maximum Gasteiger partial charge on any atom is 0.234 e. The number of ether oxygens (including phenoxy) is 1. The van der Waals surface area contributed by atoms with Crippen molar-refractivity contribution in [1.82, 2.24) is 9.97 Å². The molecule has 0 unspecified atom stereocenters. The Balaban J connectivity index is 2.56. The molecule has 0 aliphatic carbocycles. The van der Waals surface area contributed by atoms with Gasteiger partial charge in [0.2, 0.25) is 11.8 Å². The molecule has 0 saturated heterocycles. The van der Waals surface area contributed by atoms with Crippen LogP contribution in [0.2, 0.25) is 0 Å². The standard InChI is InChI=1S/C10H15N3O3/c1-7(5-14)6-16-10-4-11-3-9(13-10)12-8(2)15/h3-4,7,14H,5-6H2,1-2H3,(H,12,13,15)/t7-/m0/s1. The van der Waals surface area contributed by atoms with Crippen molar-refractivity contribution < 1.29 is 14.6 Å². The van der Waals surface area contributed by atoms with Gasteiger partial charge in [0.15, 0.2) is 5.82 Å². The average molecular weight is 225 g/mol. The van der Waals surface area contributed by atoms with Crippen LogP contribution in [0.15, 0.2) is 12.4 Å². The normalized spacial score (nSPS) is 11.9. The van der Waals surface area contributed by atoms with Crippen molar-refractivity contribution >= 4 is 11.7 Å². The van der Waals surface area contributed by atoms with Gasteiger partial charge < -0.3 is 15.2 Å². The lowest BCUT2D eigenvalue weighted by Crippen LogP contribution is -2.14. The highest BCUT2D eigenvalue weighted by molar-refractivity contribution is 5.87. The minimum atomic E-state index is -0.213. The Kier molecular flexibility index (Phi) is 4.65. The lowest BCUT2D eigenvalue weighted by atomic mass is 10.2. The molecule has 1 rings (SSSR count). The topological polar surface area (TPSA) is 84.3 Å². The maximum absolute atomic E-state index is 10.8. The number of aromatic nitrogens is 2. The molecule has 1 atom stereocenters. The highest BCUT2D eigenvalue weighted by Crippen LogP contribution is 2.09. The van der Waals surface area contributed by atoms with E-state index in [1.165, 1.54) is 19.3 Å². The molecule has 0 aliphatic rings. The van der Waals surface area contributed by atoms with Gasteiger partial charge in [0.25, 0.3) is 0 Å². The molecular weight excluding hydrogens is 210 g/mol. The molecule has 1 aromatic heterocycles. The summed E-state index contributed by atoms with van der Waals surface area (Å²) in [6, 6.07) is 0. The van der Waals surface area contributed by atoms with Gasteiger partial charge in [-0.3, -0.25) is 9.78 Å². The molecule has 1 amide bonds. The van der Waals surface area contributed by atoms with Crippen molar-refractivity contribution in [3.63, 3.8) is 0 Å². The highest BCUT2D eigenvalue weighted by atomic mass is 16.5. The fourth-order valence-corrected chi connectivity index (χ4v) is 0.939. The largest absolute Gasteiger partial charge is 0.476 e. The Labute approximate surface area is 93.7 Å². The average Bonchev–Trinajstić information content (AvgIpc) is 2.25. The summed E-state index contributed by atoms with van der Waals surface area (Å²) in [5.74, 6) is 0.495. The highest BCUT2D eigenvalue weighted by Gasteiger charge is 2.04. The summed E-state index contributed by atoms with van der Waals surface area (Å²) < 4.78 is 5.30. The lowest BCUT2D eigenvalue weighted by molar-refractivity contribution is -0.114. The summed E-state index contributed by atoms with van der Waals surface area (Å²) in [5.41, 5.74) is 0. The van der Waals surface area contributed by atoms with Gasteiger partial charge in [0.1, 0.15) is 0 Å². The summed E-state index contributed by atoms with van der Waals surface area (Å²) in [6.45, 7) is 3.65. The van der Waals surface area contributed by atoms with Gasteiger partial charge in [-0.25, -0.2) is 0 Å². The molecule has 0 radical (unpaired) electrons. The smallest absolute Gasteiger partial charge is 0.234 e. The molecule has 16 heavy (non-hydrogen) atoms. The quantitative estimate of drug-likeness (QED) is 0.759. The number of nitrogens with zero attached hydrogens (tertiary/aromatic N) is 2. The van der Waals surface area contributed by atoms with E-state index >= 15 is 0 Å². The molecule has 0 aromatic carbocycles. The summed E-state index contributed by atoms with van der Waals surface area (Å²) >= 11 is 0. The lowest BCUT2D eigenvalue weighted by Gasteiger charge is -2.09. The van der Waals surface area contributed by atoms with Crippen molar-refractivity contribution in [1.29, 1.82) is 0 Å². The third-order valence-electron chi connectivity index (χ3n) is 1.74. The molecule has 0 aliphatic heterocycles. The second-order valence-corrected chi connectivity index (χ2v) is 3.52. The summed E-state index contributed by atoms with van der Waals surface area (Å²) in [6.07, 6.45) is 2.89. The molecule has 0 saturated carbocycles. The van der Waals surface area contributed by atoms with E-state index in [2.05, 4.69) is 15.3 Å². The first-order chi connectivity index (χ1) is 7.61. The number of rotatable bonds is 5. The fraction of sp³-hybridized carbons (Fsp3) is 0.500. The van der Waals surface area contributed by atoms with Crippen LogP contribution in [0.5, 0.6) is 5.88 Å². The van der Waals surface area contributed by atoms with Gasteiger partial charge >= 0.3 is 0 Å². The molecular formula is C10H15N3O3. The van der Waals surface area contributed by atoms with Crippen molar-refractivity contribution in [2.75, 3.05) is 18.5 Å².